The lowest BCUT2D eigenvalue weighted by atomic mass is 10.1. The number of carbonyl (C=O) groups is 1. The van der Waals surface area contributed by atoms with E-state index in [1.54, 1.807) is 0 Å². The number of nitrogens with zero attached hydrogens (tertiary/aromatic N) is 3. The van der Waals surface area contributed by atoms with Gasteiger partial charge in [-0.25, -0.2) is 0 Å². The lowest BCUT2D eigenvalue weighted by Gasteiger charge is -2.15. The van der Waals surface area contributed by atoms with Gasteiger partial charge in [0.15, 0.2) is 5.16 Å². The Labute approximate surface area is 170 Å². The van der Waals surface area contributed by atoms with Gasteiger partial charge in [0.2, 0.25) is 5.91 Å². The Morgan fingerprint density at radius 2 is 1.71 bits per heavy atom. The van der Waals surface area contributed by atoms with Gasteiger partial charge in [-0.3, -0.25) is 4.79 Å². The number of benzene rings is 2. The van der Waals surface area contributed by atoms with Gasteiger partial charge >= 0.3 is 0 Å². The molecule has 0 saturated heterocycles. The van der Waals surface area contributed by atoms with E-state index in [0.717, 1.165) is 40.8 Å². The molecule has 3 rings (SSSR count). The van der Waals surface area contributed by atoms with Crippen LogP contribution < -0.4 is 5.32 Å². The molecule has 0 aliphatic carbocycles. The van der Waals surface area contributed by atoms with Gasteiger partial charge in [0.1, 0.15) is 5.82 Å². The topological polar surface area (TPSA) is 59.8 Å². The average molecular weight is 395 g/mol. The van der Waals surface area contributed by atoms with Crippen molar-refractivity contribution >= 4 is 23.4 Å². The van der Waals surface area contributed by atoms with E-state index in [9.17, 15) is 4.79 Å². The maximum Gasteiger partial charge on any atom is 0.237 e. The molecule has 0 fully saturated rings. The second-order valence-corrected chi connectivity index (χ2v) is 8.24. The van der Waals surface area contributed by atoms with Crippen LogP contribution in [0, 0.1) is 20.8 Å². The van der Waals surface area contributed by atoms with Crippen LogP contribution in [0.3, 0.4) is 0 Å². The molecule has 0 aliphatic rings. The highest BCUT2D eigenvalue weighted by molar-refractivity contribution is 8.00. The number of amides is 1. The van der Waals surface area contributed by atoms with Gasteiger partial charge in [0.25, 0.3) is 0 Å². The number of anilines is 1. The number of nitrogens with one attached hydrogen (secondary N) is 1. The van der Waals surface area contributed by atoms with Gasteiger partial charge in [0.05, 0.1) is 5.25 Å². The Morgan fingerprint density at radius 1 is 1.04 bits per heavy atom. The van der Waals surface area contributed by atoms with Crippen LogP contribution in [0.5, 0.6) is 0 Å². The van der Waals surface area contributed by atoms with Crippen molar-refractivity contribution < 1.29 is 4.79 Å². The zero-order valence-corrected chi connectivity index (χ0v) is 17.6. The van der Waals surface area contributed by atoms with E-state index in [2.05, 4.69) is 32.2 Å². The number of aromatic nitrogens is 3. The Balaban J connectivity index is 1.67. The lowest BCUT2D eigenvalue weighted by molar-refractivity contribution is -0.115. The standard InChI is InChI=1S/C22H26N4OS/c1-15-9-8-10-16(2)20(15)23-21(27)17(3)28-22-25-24-18(4)26(22)14-13-19-11-6-5-7-12-19/h5-12,17H,13-14H2,1-4H3,(H,23,27). The largest absolute Gasteiger partial charge is 0.325 e. The summed E-state index contributed by atoms with van der Waals surface area (Å²) in [4.78, 5) is 12.7. The summed E-state index contributed by atoms with van der Waals surface area (Å²) >= 11 is 1.44. The molecule has 1 unspecified atom stereocenters. The molecule has 0 bridgehead atoms. The van der Waals surface area contributed by atoms with Crippen molar-refractivity contribution in [2.75, 3.05) is 5.32 Å². The van der Waals surface area contributed by atoms with Crippen LogP contribution in [-0.2, 0) is 17.8 Å². The highest BCUT2D eigenvalue weighted by atomic mass is 32.2. The first-order valence-corrected chi connectivity index (χ1v) is 10.3. The predicted molar refractivity (Wildman–Crippen MR) is 115 cm³/mol. The number of carbonyl (C=O) groups excluding carboxylic acids is 1. The molecule has 146 valence electrons. The zero-order valence-electron chi connectivity index (χ0n) is 16.8. The zero-order chi connectivity index (χ0) is 20.1. The summed E-state index contributed by atoms with van der Waals surface area (Å²) < 4.78 is 2.08. The summed E-state index contributed by atoms with van der Waals surface area (Å²) in [6.45, 7) is 8.65. The van der Waals surface area contributed by atoms with E-state index in [1.807, 2.05) is 64.1 Å². The summed E-state index contributed by atoms with van der Waals surface area (Å²) in [5.74, 6) is 0.832. The molecule has 6 heteroatoms. The van der Waals surface area contributed by atoms with E-state index in [1.165, 1.54) is 17.3 Å². The van der Waals surface area contributed by atoms with Crippen molar-refractivity contribution in [3.05, 3.63) is 71.0 Å². The minimum Gasteiger partial charge on any atom is -0.325 e. The SMILES string of the molecule is Cc1cccc(C)c1NC(=O)C(C)Sc1nnc(C)n1CCc1ccccc1. The van der Waals surface area contributed by atoms with E-state index < -0.39 is 0 Å². The van der Waals surface area contributed by atoms with E-state index in [4.69, 9.17) is 0 Å². The van der Waals surface area contributed by atoms with Gasteiger partial charge in [-0.2, -0.15) is 0 Å². The Bertz CT molecular complexity index is 932. The normalized spacial score (nSPS) is 12.0. The molecule has 1 aromatic heterocycles. The fourth-order valence-corrected chi connectivity index (χ4v) is 3.96. The maximum absolute atomic E-state index is 12.7. The quantitative estimate of drug-likeness (QED) is 0.597. The van der Waals surface area contributed by atoms with Crippen molar-refractivity contribution in [1.29, 1.82) is 0 Å². The third kappa shape index (κ3) is 4.81. The molecule has 0 saturated carbocycles. The van der Waals surface area contributed by atoms with Crippen LogP contribution >= 0.6 is 11.8 Å². The molecule has 3 aromatic rings. The fourth-order valence-electron chi connectivity index (χ4n) is 3.04. The Kier molecular flexibility index (Phi) is 6.52. The Morgan fingerprint density at radius 3 is 2.39 bits per heavy atom. The molecular formula is C22H26N4OS. The van der Waals surface area contributed by atoms with Crippen molar-refractivity contribution in [3.63, 3.8) is 0 Å². The molecule has 0 radical (unpaired) electrons. The van der Waals surface area contributed by atoms with Gasteiger partial charge in [-0.15, -0.1) is 10.2 Å². The minimum atomic E-state index is -0.280. The summed E-state index contributed by atoms with van der Waals surface area (Å²) in [6, 6.07) is 16.4. The average Bonchev–Trinajstić information content (AvgIpc) is 3.03. The molecule has 1 amide bonds. The Hall–Kier alpha value is -2.60. The second kappa shape index (κ2) is 9.06. The molecule has 5 nitrogen and oxygen atoms in total. The smallest absolute Gasteiger partial charge is 0.237 e. The number of aryl methyl sites for hydroxylation is 4. The van der Waals surface area contributed by atoms with Crippen LogP contribution in [0.1, 0.15) is 29.4 Å². The van der Waals surface area contributed by atoms with Gasteiger partial charge in [0, 0.05) is 12.2 Å². The van der Waals surface area contributed by atoms with E-state index >= 15 is 0 Å². The van der Waals surface area contributed by atoms with Crippen molar-refractivity contribution in [2.45, 2.75) is 51.1 Å². The second-order valence-electron chi connectivity index (χ2n) is 6.93. The molecule has 1 N–H and O–H groups in total. The maximum atomic E-state index is 12.7. The third-order valence-electron chi connectivity index (χ3n) is 4.75. The molecule has 0 spiro atoms. The molecule has 0 aliphatic heterocycles. The summed E-state index contributed by atoms with van der Waals surface area (Å²) in [5.41, 5.74) is 4.29. The summed E-state index contributed by atoms with van der Waals surface area (Å²) in [5, 5.41) is 12.1. The number of hydrogen-bond donors (Lipinski definition) is 1. The lowest BCUT2D eigenvalue weighted by Crippen LogP contribution is -2.24. The third-order valence-corrected chi connectivity index (χ3v) is 5.83. The van der Waals surface area contributed by atoms with E-state index in [-0.39, 0.29) is 11.2 Å². The number of para-hydroxylation sites is 1. The highest BCUT2D eigenvalue weighted by Crippen LogP contribution is 2.25. The van der Waals surface area contributed by atoms with Crippen LogP contribution in [-0.4, -0.2) is 25.9 Å². The highest BCUT2D eigenvalue weighted by Gasteiger charge is 2.20. The van der Waals surface area contributed by atoms with E-state index in [0.29, 0.717) is 0 Å². The monoisotopic (exact) mass is 394 g/mol. The minimum absolute atomic E-state index is 0.0299. The van der Waals surface area contributed by atoms with Crippen molar-refractivity contribution in [2.24, 2.45) is 0 Å². The van der Waals surface area contributed by atoms with Crippen LogP contribution in [0.4, 0.5) is 5.69 Å². The van der Waals surface area contributed by atoms with Gasteiger partial charge < -0.3 is 9.88 Å². The molecule has 1 atom stereocenters. The van der Waals surface area contributed by atoms with Crippen molar-refractivity contribution in [3.8, 4) is 0 Å². The van der Waals surface area contributed by atoms with Crippen molar-refractivity contribution in [1.82, 2.24) is 14.8 Å². The molecular weight excluding hydrogens is 368 g/mol. The fraction of sp³-hybridized carbons (Fsp3) is 0.318. The molecule has 2 aromatic carbocycles. The van der Waals surface area contributed by atoms with Gasteiger partial charge in [-0.05, 0) is 50.8 Å². The first kappa shape index (κ1) is 20.1. The first-order valence-electron chi connectivity index (χ1n) is 9.43. The van der Waals surface area contributed by atoms with Crippen LogP contribution in [0.2, 0.25) is 0 Å². The summed E-state index contributed by atoms with van der Waals surface area (Å²) in [6.07, 6.45) is 0.899. The van der Waals surface area contributed by atoms with Crippen LogP contribution in [0.15, 0.2) is 53.7 Å². The number of hydrogen-bond acceptors (Lipinski definition) is 4. The molecule has 1 heterocycles. The van der Waals surface area contributed by atoms with Crippen LogP contribution in [0.25, 0.3) is 0 Å². The van der Waals surface area contributed by atoms with Gasteiger partial charge in [-0.1, -0.05) is 60.3 Å². The number of thioether (sulfide) groups is 1. The summed E-state index contributed by atoms with van der Waals surface area (Å²) in [7, 11) is 0. The predicted octanol–water partition coefficient (Wildman–Crippen LogP) is 4.57. The number of rotatable bonds is 7. The molecule has 28 heavy (non-hydrogen) atoms. The first-order chi connectivity index (χ1) is 13.5.